The van der Waals surface area contributed by atoms with Crippen molar-refractivity contribution >= 4 is 5.96 Å². The number of aliphatic imine (C=N–C) groups is 1. The van der Waals surface area contributed by atoms with Crippen LogP contribution in [0.15, 0.2) is 53.5 Å². The molecule has 7 heteroatoms. The van der Waals surface area contributed by atoms with Crippen LogP contribution in [0.1, 0.15) is 36.9 Å². The first kappa shape index (κ1) is 22.9. The molecule has 4 N–H and O–H groups in total. The number of ether oxygens (including phenoxy) is 3. The lowest BCUT2D eigenvalue weighted by molar-refractivity contribution is 0.0355. The Labute approximate surface area is 185 Å². The van der Waals surface area contributed by atoms with E-state index >= 15 is 0 Å². The van der Waals surface area contributed by atoms with Gasteiger partial charge in [-0.2, -0.15) is 0 Å². The predicted molar refractivity (Wildman–Crippen MR) is 124 cm³/mol. The zero-order chi connectivity index (χ0) is 22.1. The Hall–Kier alpha value is -2.77. The molecule has 3 rings (SSSR count). The summed E-state index contributed by atoms with van der Waals surface area (Å²) in [6.45, 7) is 4.82. The molecule has 0 spiro atoms. The number of nitrogens with one attached hydrogen (secondary N) is 2. The third kappa shape index (κ3) is 6.35. The average molecular weight is 427 g/mol. The predicted octanol–water partition coefficient (Wildman–Crippen LogP) is 3.01. The van der Waals surface area contributed by atoms with E-state index in [0.717, 1.165) is 31.6 Å². The SMILES string of the molecule is COc1ccc(CN=C(N)NCC2(NC(C)c3ccccc3)CCOCC2)cc1OC. The number of methoxy groups -OCH3 is 2. The summed E-state index contributed by atoms with van der Waals surface area (Å²) in [6.07, 6.45) is 1.83. The molecule has 2 aromatic carbocycles. The second-order valence-corrected chi connectivity index (χ2v) is 7.91. The molecule has 7 nitrogen and oxygen atoms in total. The zero-order valence-electron chi connectivity index (χ0n) is 18.7. The normalized spacial score (nSPS) is 17.1. The molecule has 1 aliphatic rings. The van der Waals surface area contributed by atoms with Gasteiger partial charge < -0.3 is 30.6 Å². The van der Waals surface area contributed by atoms with Gasteiger partial charge in [-0.3, -0.25) is 0 Å². The van der Waals surface area contributed by atoms with Crippen LogP contribution in [-0.2, 0) is 11.3 Å². The second kappa shape index (κ2) is 11.0. The Morgan fingerprint density at radius 3 is 2.48 bits per heavy atom. The molecule has 31 heavy (non-hydrogen) atoms. The Morgan fingerprint density at radius 1 is 1.10 bits per heavy atom. The summed E-state index contributed by atoms with van der Waals surface area (Å²) in [5.41, 5.74) is 8.36. The van der Waals surface area contributed by atoms with Gasteiger partial charge >= 0.3 is 0 Å². The molecule has 1 atom stereocenters. The number of hydrogen-bond acceptors (Lipinski definition) is 5. The Kier molecular flexibility index (Phi) is 8.14. The molecular formula is C24H34N4O3. The minimum atomic E-state index is -0.100. The number of nitrogens with zero attached hydrogens (tertiary/aromatic N) is 1. The van der Waals surface area contributed by atoms with Crippen LogP contribution in [-0.4, -0.2) is 45.5 Å². The number of nitrogens with two attached hydrogens (primary N) is 1. The summed E-state index contributed by atoms with van der Waals surface area (Å²) in [5, 5.41) is 7.15. The summed E-state index contributed by atoms with van der Waals surface area (Å²) in [7, 11) is 3.24. The minimum absolute atomic E-state index is 0.100. The molecule has 0 radical (unpaired) electrons. The first-order valence-electron chi connectivity index (χ1n) is 10.7. The molecule has 1 unspecified atom stereocenters. The van der Waals surface area contributed by atoms with Crippen LogP contribution in [0, 0.1) is 0 Å². The van der Waals surface area contributed by atoms with E-state index in [2.05, 4.69) is 46.8 Å². The fourth-order valence-electron chi connectivity index (χ4n) is 3.89. The standard InChI is InChI=1S/C24H34N4O3/c1-18(20-7-5-4-6-8-20)28-24(11-13-31-14-12-24)17-27-23(25)26-16-19-9-10-21(29-2)22(15-19)30-3/h4-10,15,18,28H,11-14,16-17H2,1-3H3,(H3,25,26,27). The highest BCUT2D eigenvalue weighted by Gasteiger charge is 2.34. The molecule has 1 heterocycles. The maximum absolute atomic E-state index is 6.19. The summed E-state index contributed by atoms with van der Waals surface area (Å²) in [4.78, 5) is 4.51. The van der Waals surface area contributed by atoms with E-state index in [9.17, 15) is 0 Å². The summed E-state index contributed by atoms with van der Waals surface area (Å²) < 4.78 is 16.3. The maximum Gasteiger partial charge on any atom is 0.188 e. The van der Waals surface area contributed by atoms with Crippen molar-refractivity contribution in [3.63, 3.8) is 0 Å². The highest BCUT2D eigenvalue weighted by Crippen LogP contribution is 2.28. The molecule has 0 bridgehead atoms. The van der Waals surface area contributed by atoms with Gasteiger partial charge in [0.15, 0.2) is 17.5 Å². The monoisotopic (exact) mass is 426 g/mol. The highest BCUT2D eigenvalue weighted by atomic mass is 16.5. The quantitative estimate of drug-likeness (QED) is 0.422. The van der Waals surface area contributed by atoms with Crippen LogP contribution in [0.5, 0.6) is 11.5 Å². The fraction of sp³-hybridized carbons (Fsp3) is 0.458. The molecule has 1 aliphatic heterocycles. The van der Waals surface area contributed by atoms with Crippen LogP contribution in [0.2, 0.25) is 0 Å². The van der Waals surface area contributed by atoms with Crippen molar-refractivity contribution in [1.82, 2.24) is 10.6 Å². The summed E-state index contributed by atoms with van der Waals surface area (Å²) in [5.74, 6) is 1.80. The number of benzene rings is 2. The van der Waals surface area contributed by atoms with Crippen LogP contribution in [0.4, 0.5) is 0 Å². The molecular weight excluding hydrogens is 392 g/mol. The molecule has 0 aromatic heterocycles. The molecule has 1 saturated heterocycles. The lowest BCUT2D eigenvalue weighted by Gasteiger charge is -2.40. The van der Waals surface area contributed by atoms with Gasteiger partial charge in [0.2, 0.25) is 0 Å². The number of guanidine groups is 1. The molecule has 0 aliphatic carbocycles. The number of hydrogen-bond donors (Lipinski definition) is 3. The zero-order valence-corrected chi connectivity index (χ0v) is 18.7. The van der Waals surface area contributed by atoms with Gasteiger partial charge in [-0.05, 0) is 43.0 Å². The highest BCUT2D eigenvalue weighted by molar-refractivity contribution is 5.77. The van der Waals surface area contributed by atoms with Crippen molar-refractivity contribution in [2.75, 3.05) is 34.0 Å². The molecule has 0 saturated carbocycles. The van der Waals surface area contributed by atoms with Gasteiger partial charge in [0, 0.05) is 31.3 Å². The third-order valence-corrected chi connectivity index (χ3v) is 5.76. The van der Waals surface area contributed by atoms with Crippen molar-refractivity contribution in [1.29, 1.82) is 0 Å². The van der Waals surface area contributed by atoms with Gasteiger partial charge in [0.05, 0.1) is 20.8 Å². The van der Waals surface area contributed by atoms with Crippen LogP contribution >= 0.6 is 0 Å². The van der Waals surface area contributed by atoms with E-state index in [1.807, 2.05) is 24.3 Å². The number of rotatable bonds is 9. The molecule has 1 fully saturated rings. The Bertz CT molecular complexity index is 851. The third-order valence-electron chi connectivity index (χ3n) is 5.76. The van der Waals surface area contributed by atoms with Crippen molar-refractivity contribution < 1.29 is 14.2 Å². The van der Waals surface area contributed by atoms with Crippen molar-refractivity contribution in [3.05, 3.63) is 59.7 Å². The largest absolute Gasteiger partial charge is 0.493 e. The van der Waals surface area contributed by atoms with Crippen molar-refractivity contribution in [2.45, 2.75) is 37.9 Å². The lowest BCUT2D eigenvalue weighted by atomic mass is 9.88. The second-order valence-electron chi connectivity index (χ2n) is 7.91. The van der Waals surface area contributed by atoms with E-state index in [1.54, 1.807) is 14.2 Å². The van der Waals surface area contributed by atoms with Gasteiger partial charge in [0.25, 0.3) is 0 Å². The van der Waals surface area contributed by atoms with Gasteiger partial charge in [0.1, 0.15) is 0 Å². The van der Waals surface area contributed by atoms with Crippen molar-refractivity contribution in [2.24, 2.45) is 10.7 Å². The Balaban J connectivity index is 1.61. The van der Waals surface area contributed by atoms with Crippen molar-refractivity contribution in [3.8, 4) is 11.5 Å². The van der Waals surface area contributed by atoms with E-state index in [4.69, 9.17) is 19.9 Å². The van der Waals surface area contributed by atoms with E-state index < -0.39 is 0 Å². The molecule has 2 aromatic rings. The van der Waals surface area contributed by atoms with Crippen LogP contribution in [0.25, 0.3) is 0 Å². The van der Waals surface area contributed by atoms with Gasteiger partial charge in [-0.15, -0.1) is 0 Å². The summed E-state index contributed by atoms with van der Waals surface area (Å²) in [6, 6.07) is 16.5. The smallest absolute Gasteiger partial charge is 0.188 e. The lowest BCUT2D eigenvalue weighted by Crippen LogP contribution is -2.57. The topological polar surface area (TPSA) is 90.1 Å². The van der Waals surface area contributed by atoms with Gasteiger partial charge in [-0.25, -0.2) is 4.99 Å². The molecule has 168 valence electrons. The fourth-order valence-corrected chi connectivity index (χ4v) is 3.89. The first-order chi connectivity index (χ1) is 15.0. The molecule has 0 amide bonds. The van der Waals surface area contributed by atoms with E-state index in [1.165, 1.54) is 5.56 Å². The maximum atomic E-state index is 6.19. The first-order valence-corrected chi connectivity index (χ1v) is 10.7. The minimum Gasteiger partial charge on any atom is -0.493 e. The van der Waals surface area contributed by atoms with Crippen LogP contribution in [0.3, 0.4) is 0 Å². The van der Waals surface area contributed by atoms with E-state index in [-0.39, 0.29) is 11.6 Å². The Morgan fingerprint density at radius 2 is 1.81 bits per heavy atom. The average Bonchev–Trinajstić information content (AvgIpc) is 2.82. The summed E-state index contributed by atoms with van der Waals surface area (Å²) >= 11 is 0. The van der Waals surface area contributed by atoms with Gasteiger partial charge in [-0.1, -0.05) is 36.4 Å². The van der Waals surface area contributed by atoms with Crippen LogP contribution < -0.4 is 25.8 Å². The van der Waals surface area contributed by atoms with E-state index in [0.29, 0.717) is 30.5 Å².